The van der Waals surface area contributed by atoms with Crippen LogP contribution in [0.1, 0.15) is 46.2 Å². The summed E-state index contributed by atoms with van der Waals surface area (Å²) in [6.45, 7) is 10.9. The molecule has 0 aliphatic heterocycles. The Morgan fingerprint density at radius 1 is 1.35 bits per heavy atom. The highest BCUT2D eigenvalue weighted by Crippen LogP contribution is 2.10. The Morgan fingerprint density at radius 2 is 2.12 bits per heavy atom. The number of aromatic nitrogens is 3. The van der Waals surface area contributed by atoms with Crippen molar-refractivity contribution < 1.29 is 0 Å². The molecule has 0 radical (unpaired) electrons. The largest absolute Gasteiger partial charge is 0.314 e. The number of hydrogen-bond donors (Lipinski definition) is 1. The molecule has 1 heterocycles. The van der Waals surface area contributed by atoms with E-state index in [0.717, 1.165) is 25.9 Å². The van der Waals surface area contributed by atoms with E-state index in [1.165, 1.54) is 12.1 Å². The molecule has 1 aromatic heterocycles. The minimum Gasteiger partial charge on any atom is -0.314 e. The summed E-state index contributed by atoms with van der Waals surface area (Å²) in [6, 6.07) is 0.593. The molecule has 1 aromatic rings. The van der Waals surface area contributed by atoms with Gasteiger partial charge in [-0.05, 0) is 38.6 Å². The molecule has 1 N–H and O–H groups in total. The van der Waals surface area contributed by atoms with Crippen LogP contribution in [0.2, 0.25) is 0 Å². The van der Waals surface area contributed by atoms with Crippen LogP contribution in [-0.2, 0) is 13.0 Å². The summed E-state index contributed by atoms with van der Waals surface area (Å²) in [7, 11) is 0. The van der Waals surface area contributed by atoms with E-state index < -0.39 is 0 Å². The van der Waals surface area contributed by atoms with Gasteiger partial charge in [-0.2, -0.15) is 0 Å². The van der Waals surface area contributed by atoms with E-state index in [4.69, 9.17) is 0 Å². The Hall–Kier alpha value is -0.900. The van der Waals surface area contributed by atoms with Gasteiger partial charge in [0, 0.05) is 12.6 Å². The second kappa shape index (κ2) is 7.43. The van der Waals surface area contributed by atoms with Crippen molar-refractivity contribution in [1.82, 2.24) is 20.3 Å². The fourth-order valence-corrected chi connectivity index (χ4v) is 2.04. The first-order valence-electron chi connectivity index (χ1n) is 6.79. The third-order valence-corrected chi connectivity index (χ3v) is 3.17. The zero-order valence-electron chi connectivity index (χ0n) is 11.6. The van der Waals surface area contributed by atoms with Crippen LogP contribution >= 0.6 is 0 Å². The summed E-state index contributed by atoms with van der Waals surface area (Å²) in [5, 5.41) is 11.7. The molecular formula is C13H26N4. The van der Waals surface area contributed by atoms with Crippen molar-refractivity contribution in [2.75, 3.05) is 6.54 Å². The molecule has 0 amide bonds. The Balaban J connectivity index is 2.45. The lowest BCUT2D eigenvalue weighted by atomic mass is 9.98. The van der Waals surface area contributed by atoms with Crippen molar-refractivity contribution in [2.45, 2.75) is 59.5 Å². The van der Waals surface area contributed by atoms with E-state index in [1.54, 1.807) is 0 Å². The van der Waals surface area contributed by atoms with Gasteiger partial charge in [0.25, 0.3) is 0 Å². The van der Waals surface area contributed by atoms with Crippen molar-refractivity contribution in [3.05, 3.63) is 11.9 Å². The molecule has 0 fully saturated rings. The Bertz CT molecular complexity index is 306. The summed E-state index contributed by atoms with van der Waals surface area (Å²) < 4.78 is 1.98. The molecule has 98 valence electrons. The summed E-state index contributed by atoms with van der Waals surface area (Å²) in [4.78, 5) is 0. The topological polar surface area (TPSA) is 42.7 Å². The standard InChI is InChI=1S/C13H26N4/c1-5-9-14-13(11(3)4)8-7-12-10-15-16-17(12)6-2/h10-11,13-14H,5-9H2,1-4H3. The van der Waals surface area contributed by atoms with Gasteiger partial charge in [-0.15, -0.1) is 5.10 Å². The van der Waals surface area contributed by atoms with Crippen LogP contribution in [0, 0.1) is 5.92 Å². The van der Waals surface area contributed by atoms with Gasteiger partial charge in [-0.25, -0.2) is 4.68 Å². The van der Waals surface area contributed by atoms with Crippen molar-refractivity contribution in [2.24, 2.45) is 5.92 Å². The molecule has 1 rings (SSSR count). The Kier molecular flexibility index (Phi) is 6.19. The number of hydrogen-bond acceptors (Lipinski definition) is 3. The molecule has 0 saturated carbocycles. The first kappa shape index (κ1) is 14.2. The minimum atomic E-state index is 0.593. The van der Waals surface area contributed by atoms with Crippen molar-refractivity contribution in [3.8, 4) is 0 Å². The molecule has 0 saturated heterocycles. The van der Waals surface area contributed by atoms with E-state index in [1.807, 2.05) is 10.9 Å². The van der Waals surface area contributed by atoms with Crippen LogP contribution in [-0.4, -0.2) is 27.6 Å². The molecular weight excluding hydrogens is 212 g/mol. The predicted octanol–water partition coefficient (Wildman–Crippen LogP) is 2.25. The number of rotatable bonds is 8. The molecule has 1 atom stereocenters. The van der Waals surface area contributed by atoms with Gasteiger partial charge in [-0.1, -0.05) is 26.0 Å². The van der Waals surface area contributed by atoms with E-state index in [2.05, 4.69) is 43.3 Å². The maximum absolute atomic E-state index is 4.07. The lowest BCUT2D eigenvalue weighted by Crippen LogP contribution is -2.35. The summed E-state index contributed by atoms with van der Waals surface area (Å²) in [5.74, 6) is 0.674. The fourth-order valence-electron chi connectivity index (χ4n) is 2.04. The van der Waals surface area contributed by atoms with Gasteiger partial charge in [0.15, 0.2) is 0 Å². The van der Waals surface area contributed by atoms with Crippen LogP contribution in [0.5, 0.6) is 0 Å². The average molecular weight is 238 g/mol. The molecule has 0 aromatic carbocycles. The number of aryl methyl sites for hydroxylation is 2. The second-order valence-corrected chi connectivity index (χ2v) is 4.88. The highest BCUT2D eigenvalue weighted by atomic mass is 15.4. The van der Waals surface area contributed by atoms with Crippen molar-refractivity contribution >= 4 is 0 Å². The second-order valence-electron chi connectivity index (χ2n) is 4.88. The Labute approximate surface area is 105 Å². The van der Waals surface area contributed by atoms with Crippen LogP contribution in [0.3, 0.4) is 0 Å². The lowest BCUT2D eigenvalue weighted by Gasteiger charge is -2.22. The molecule has 1 unspecified atom stereocenters. The van der Waals surface area contributed by atoms with Crippen LogP contribution in [0.4, 0.5) is 0 Å². The van der Waals surface area contributed by atoms with Gasteiger partial charge in [0.05, 0.1) is 11.9 Å². The SMILES string of the molecule is CCCNC(CCc1cnnn1CC)C(C)C. The van der Waals surface area contributed by atoms with Crippen LogP contribution in [0.25, 0.3) is 0 Å². The monoisotopic (exact) mass is 238 g/mol. The highest BCUT2D eigenvalue weighted by molar-refractivity contribution is 4.95. The van der Waals surface area contributed by atoms with Crippen molar-refractivity contribution in [3.63, 3.8) is 0 Å². The number of nitrogens with one attached hydrogen (secondary N) is 1. The molecule has 0 bridgehead atoms. The quantitative estimate of drug-likeness (QED) is 0.755. The Morgan fingerprint density at radius 3 is 2.71 bits per heavy atom. The zero-order valence-corrected chi connectivity index (χ0v) is 11.6. The van der Waals surface area contributed by atoms with E-state index in [9.17, 15) is 0 Å². The molecule has 4 nitrogen and oxygen atoms in total. The molecule has 0 aliphatic carbocycles. The van der Waals surface area contributed by atoms with Gasteiger partial charge in [0.2, 0.25) is 0 Å². The normalized spacial score (nSPS) is 13.2. The molecule has 17 heavy (non-hydrogen) atoms. The minimum absolute atomic E-state index is 0.593. The van der Waals surface area contributed by atoms with Crippen LogP contribution < -0.4 is 5.32 Å². The van der Waals surface area contributed by atoms with Gasteiger partial charge < -0.3 is 5.32 Å². The number of nitrogens with zero attached hydrogens (tertiary/aromatic N) is 3. The van der Waals surface area contributed by atoms with E-state index in [-0.39, 0.29) is 0 Å². The maximum Gasteiger partial charge on any atom is 0.0725 e. The molecule has 4 heteroatoms. The smallest absolute Gasteiger partial charge is 0.0725 e. The third-order valence-electron chi connectivity index (χ3n) is 3.17. The third kappa shape index (κ3) is 4.46. The van der Waals surface area contributed by atoms with Crippen molar-refractivity contribution in [1.29, 1.82) is 0 Å². The maximum atomic E-state index is 4.07. The summed E-state index contributed by atoms with van der Waals surface area (Å²) >= 11 is 0. The zero-order chi connectivity index (χ0) is 12.7. The summed E-state index contributed by atoms with van der Waals surface area (Å²) in [6.07, 6.45) is 5.30. The lowest BCUT2D eigenvalue weighted by molar-refractivity contribution is 0.374. The molecule has 0 aliphatic rings. The first-order chi connectivity index (χ1) is 8.19. The van der Waals surface area contributed by atoms with E-state index >= 15 is 0 Å². The fraction of sp³-hybridized carbons (Fsp3) is 0.846. The van der Waals surface area contributed by atoms with Gasteiger partial charge in [0.1, 0.15) is 0 Å². The summed E-state index contributed by atoms with van der Waals surface area (Å²) in [5.41, 5.74) is 1.25. The van der Waals surface area contributed by atoms with E-state index in [0.29, 0.717) is 12.0 Å². The van der Waals surface area contributed by atoms with Crippen LogP contribution in [0.15, 0.2) is 6.20 Å². The molecule has 0 spiro atoms. The van der Waals surface area contributed by atoms with Gasteiger partial charge in [-0.3, -0.25) is 0 Å². The predicted molar refractivity (Wildman–Crippen MR) is 70.9 cm³/mol. The highest BCUT2D eigenvalue weighted by Gasteiger charge is 2.13. The average Bonchev–Trinajstić information content (AvgIpc) is 2.76. The van der Waals surface area contributed by atoms with Gasteiger partial charge >= 0.3 is 0 Å². The first-order valence-corrected chi connectivity index (χ1v) is 6.79.